The van der Waals surface area contributed by atoms with Gasteiger partial charge in [0.1, 0.15) is 0 Å². The van der Waals surface area contributed by atoms with Gasteiger partial charge in [-0.3, -0.25) is 0 Å². The summed E-state index contributed by atoms with van der Waals surface area (Å²) >= 11 is 0. The highest BCUT2D eigenvalue weighted by molar-refractivity contribution is 6.16. The van der Waals surface area contributed by atoms with Crippen molar-refractivity contribution in [1.29, 1.82) is 0 Å². The second kappa shape index (κ2) is 14.8. The van der Waals surface area contributed by atoms with Gasteiger partial charge >= 0.3 is 0 Å². The molecule has 0 fully saturated rings. The monoisotopic (exact) mass is 788 g/mol. The normalized spacial score (nSPS) is 11.5. The zero-order valence-electron chi connectivity index (χ0n) is 34.0. The molecule has 0 aliphatic carbocycles. The van der Waals surface area contributed by atoms with Gasteiger partial charge < -0.3 is 9.47 Å². The molecule has 0 bridgehead atoms. The van der Waals surface area contributed by atoms with E-state index in [1.807, 2.05) is 0 Å². The van der Waals surface area contributed by atoms with Crippen molar-refractivity contribution in [1.82, 2.24) is 4.57 Å². The first kappa shape index (κ1) is 35.7. The lowest BCUT2D eigenvalue weighted by molar-refractivity contribution is 1.18. The summed E-state index contributed by atoms with van der Waals surface area (Å²) in [6.07, 6.45) is 0. The van der Waals surface area contributed by atoms with Crippen molar-refractivity contribution in [2.75, 3.05) is 4.90 Å². The molecular weight excluding hydrogens is 749 g/mol. The smallest absolute Gasteiger partial charge is 0.0547 e. The fourth-order valence-electron chi connectivity index (χ4n) is 9.66. The van der Waals surface area contributed by atoms with E-state index in [9.17, 15) is 0 Å². The quantitative estimate of drug-likeness (QED) is 0.146. The van der Waals surface area contributed by atoms with Gasteiger partial charge in [-0.05, 0) is 132 Å². The Morgan fingerprint density at radius 2 is 0.839 bits per heavy atom. The van der Waals surface area contributed by atoms with E-state index in [1.54, 1.807) is 0 Å². The van der Waals surface area contributed by atoms with Crippen LogP contribution in [0.2, 0.25) is 0 Å². The van der Waals surface area contributed by atoms with E-state index < -0.39 is 0 Å². The Morgan fingerprint density at radius 1 is 0.274 bits per heavy atom. The van der Waals surface area contributed by atoms with Crippen molar-refractivity contribution in [2.24, 2.45) is 0 Å². The molecule has 2 nitrogen and oxygen atoms in total. The molecule has 12 rings (SSSR count). The molecule has 0 radical (unpaired) electrons. The van der Waals surface area contributed by atoms with E-state index in [2.05, 4.69) is 252 Å². The SMILES string of the molecule is c1ccc(-n2c3ccccc3c3c(-c4cccc(-c5cccc(N(c6ccc(-c7cccc8ccccc78)cc6)c6ccc7c(ccc8ccccc87)c6)c5)c4)cccc32)cc1. The molecule has 1 aromatic heterocycles. The van der Waals surface area contributed by atoms with E-state index >= 15 is 0 Å². The van der Waals surface area contributed by atoms with Crippen LogP contribution in [0.25, 0.3) is 93.2 Å². The summed E-state index contributed by atoms with van der Waals surface area (Å²) in [5.74, 6) is 0. The first-order valence-corrected chi connectivity index (χ1v) is 21.3. The Balaban J connectivity index is 0.983. The van der Waals surface area contributed by atoms with Gasteiger partial charge in [0, 0.05) is 33.5 Å². The first-order valence-electron chi connectivity index (χ1n) is 21.3. The Hall–Kier alpha value is -8.20. The van der Waals surface area contributed by atoms with Crippen LogP contribution in [0.1, 0.15) is 0 Å². The number of aromatic nitrogens is 1. The maximum atomic E-state index is 2.40. The summed E-state index contributed by atoms with van der Waals surface area (Å²) in [5, 5.41) is 10.0. The van der Waals surface area contributed by atoms with Crippen molar-refractivity contribution >= 4 is 71.2 Å². The van der Waals surface area contributed by atoms with Gasteiger partial charge in [-0.1, -0.05) is 176 Å². The van der Waals surface area contributed by atoms with Gasteiger partial charge in [-0.2, -0.15) is 0 Å². The molecule has 11 aromatic carbocycles. The average Bonchev–Trinajstić information content (AvgIpc) is 3.69. The second-order valence-corrected chi connectivity index (χ2v) is 16.1. The Bertz CT molecular complexity index is 3630. The molecule has 12 aromatic rings. The van der Waals surface area contributed by atoms with Crippen molar-refractivity contribution in [2.45, 2.75) is 0 Å². The topological polar surface area (TPSA) is 8.17 Å². The fraction of sp³-hybridized carbons (Fsp3) is 0. The molecule has 0 unspecified atom stereocenters. The van der Waals surface area contributed by atoms with Gasteiger partial charge in [0.2, 0.25) is 0 Å². The van der Waals surface area contributed by atoms with Gasteiger partial charge in [-0.25, -0.2) is 0 Å². The van der Waals surface area contributed by atoms with E-state index in [4.69, 9.17) is 0 Å². The maximum absolute atomic E-state index is 2.40. The van der Waals surface area contributed by atoms with Gasteiger partial charge in [0.25, 0.3) is 0 Å². The third-order valence-electron chi connectivity index (χ3n) is 12.5. The molecule has 0 spiro atoms. The second-order valence-electron chi connectivity index (χ2n) is 16.1. The van der Waals surface area contributed by atoms with Crippen LogP contribution in [0.4, 0.5) is 17.1 Å². The molecule has 1 heterocycles. The Morgan fingerprint density at radius 3 is 1.69 bits per heavy atom. The number of hydrogen-bond acceptors (Lipinski definition) is 1. The summed E-state index contributed by atoms with van der Waals surface area (Å²) in [4.78, 5) is 2.40. The molecule has 0 N–H and O–H groups in total. The van der Waals surface area contributed by atoms with Gasteiger partial charge in [-0.15, -0.1) is 0 Å². The van der Waals surface area contributed by atoms with E-state index in [0.717, 1.165) is 28.3 Å². The van der Waals surface area contributed by atoms with E-state index in [-0.39, 0.29) is 0 Å². The largest absolute Gasteiger partial charge is 0.310 e. The lowest BCUT2D eigenvalue weighted by atomic mass is 9.95. The highest BCUT2D eigenvalue weighted by Crippen LogP contribution is 2.42. The zero-order valence-corrected chi connectivity index (χ0v) is 34.0. The van der Waals surface area contributed by atoms with Crippen LogP contribution in [0.15, 0.2) is 243 Å². The van der Waals surface area contributed by atoms with Crippen LogP contribution in [-0.4, -0.2) is 4.57 Å². The summed E-state index contributed by atoms with van der Waals surface area (Å²) in [6.45, 7) is 0. The molecule has 2 heteroatoms. The fourth-order valence-corrected chi connectivity index (χ4v) is 9.66. The van der Waals surface area contributed by atoms with Crippen molar-refractivity contribution in [3.8, 4) is 39.1 Å². The molecular formula is C60H40N2. The number of anilines is 3. The molecule has 0 saturated carbocycles. The Labute approximate surface area is 360 Å². The minimum absolute atomic E-state index is 1.10. The molecule has 62 heavy (non-hydrogen) atoms. The summed E-state index contributed by atoms with van der Waals surface area (Å²) < 4.78 is 2.39. The molecule has 290 valence electrons. The zero-order chi connectivity index (χ0) is 41.0. The minimum atomic E-state index is 1.10. The predicted molar refractivity (Wildman–Crippen MR) is 264 cm³/mol. The van der Waals surface area contributed by atoms with Crippen molar-refractivity contribution in [3.05, 3.63) is 243 Å². The number of hydrogen-bond donors (Lipinski definition) is 0. The van der Waals surface area contributed by atoms with Gasteiger partial charge in [0.05, 0.1) is 11.0 Å². The highest BCUT2D eigenvalue weighted by Gasteiger charge is 2.18. The van der Waals surface area contributed by atoms with Gasteiger partial charge in [0.15, 0.2) is 0 Å². The number of para-hydroxylation sites is 2. The molecule has 0 aliphatic rings. The first-order chi connectivity index (χ1) is 30.7. The van der Waals surface area contributed by atoms with Crippen LogP contribution in [0, 0.1) is 0 Å². The molecule has 0 saturated heterocycles. The standard InChI is InChI=1S/C60H40N2/c1-2-20-48(21-3-1)62-58-28-9-8-25-57(58)60-56(27-13-29-59(60)62)46-19-10-17-44(38-46)45-18-11-22-50(39-45)61(51-36-37-55-47(40-51)31-30-42-15-5-7-24-53(42)55)49-34-32-43(33-35-49)54-26-12-16-41-14-4-6-23-52(41)54/h1-40H. The number of fused-ring (bicyclic) bond motifs is 7. The van der Waals surface area contributed by atoms with Crippen molar-refractivity contribution < 1.29 is 0 Å². The van der Waals surface area contributed by atoms with Crippen LogP contribution >= 0.6 is 0 Å². The molecule has 0 aliphatic heterocycles. The van der Waals surface area contributed by atoms with Crippen molar-refractivity contribution in [3.63, 3.8) is 0 Å². The number of rotatable bonds is 7. The summed E-state index contributed by atoms with van der Waals surface area (Å²) in [6, 6.07) is 88.5. The number of benzene rings is 11. The number of nitrogens with zero attached hydrogens (tertiary/aromatic N) is 2. The highest BCUT2D eigenvalue weighted by atomic mass is 15.1. The minimum Gasteiger partial charge on any atom is -0.310 e. The lowest BCUT2D eigenvalue weighted by Gasteiger charge is -2.27. The summed E-state index contributed by atoms with van der Waals surface area (Å²) in [5.41, 5.74) is 14.1. The third kappa shape index (κ3) is 6.04. The third-order valence-corrected chi connectivity index (χ3v) is 12.5. The van der Waals surface area contributed by atoms with Crippen LogP contribution in [-0.2, 0) is 0 Å². The van der Waals surface area contributed by atoms with Crippen LogP contribution < -0.4 is 4.90 Å². The summed E-state index contributed by atoms with van der Waals surface area (Å²) in [7, 11) is 0. The predicted octanol–water partition coefficient (Wildman–Crippen LogP) is 16.7. The van der Waals surface area contributed by atoms with Crippen LogP contribution in [0.5, 0.6) is 0 Å². The Kier molecular flexibility index (Phi) is 8.53. The maximum Gasteiger partial charge on any atom is 0.0547 e. The molecule has 0 atom stereocenters. The van der Waals surface area contributed by atoms with Crippen LogP contribution in [0.3, 0.4) is 0 Å². The lowest BCUT2D eigenvalue weighted by Crippen LogP contribution is -2.10. The average molecular weight is 789 g/mol. The van der Waals surface area contributed by atoms with E-state index in [1.165, 1.54) is 81.9 Å². The molecule has 0 amide bonds. The van der Waals surface area contributed by atoms with E-state index in [0.29, 0.717) is 0 Å².